The molecule has 0 aliphatic carbocycles. The lowest BCUT2D eigenvalue weighted by Gasteiger charge is -2.17. The zero-order valence-corrected chi connectivity index (χ0v) is 11.5. The number of aromatic nitrogens is 1. The molecule has 5 heteroatoms. The number of halogens is 1. The van der Waals surface area contributed by atoms with E-state index in [2.05, 4.69) is 15.2 Å². The smallest absolute Gasteiger partial charge is 0.251 e. The van der Waals surface area contributed by atoms with Crippen LogP contribution in [0.2, 0.25) is 0 Å². The van der Waals surface area contributed by atoms with Gasteiger partial charge in [-0.2, -0.15) is 0 Å². The first kappa shape index (κ1) is 13.5. The van der Waals surface area contributed by atoms with E-state index in [1.165, 1.54) is 12.1 Å². The number of carbonyl (C=O) groups is 1. The minimum atomic E-state index is -0.399. The maximum atomic E-state index is 13.1. The monoisotopic (exact) mass is 285 g/mol. The fraction of sp³-hybridized carbons (Fsp3) is 0.250. The van der Waals surface area contributed by atoms with Gasteiger partial charge in [0.2, 0.25) is 0 Å². The summed E-state index contributed by atoms with van der Waals surface area (Å²) in [4.78, 5) is 18.5. The Morgan fingerprint density at radius 3 is 2.95 bits per heavy atom. The van der Waals surface area contributed by atoms with Crippen molar-refractivity contribution in [1.82, 2.24) is 10.3 Å². The third kappa shape index (κ3) is 3.18. The topological polar surface area (TPSA) is 45.2 Å². The van der Waals surface area contributed by atoms with Crippen LogP contribution in [-0.4, -0.2) is 30.0 Å². The Morgan fingerprint density at radius 1 is 1.29 bits per heavy atom. The third-order valence-electron chi connectivity index (χ3n) is 3.58. The Kier molecular flexibility index (Phi) is 3.81. The van der Waals surface area contributed by atoms with Gasteiger partial charge >= 0.3 is 0 Å². The molecular weight excluding hydrogens is 269 g/mol. The lowest BCUT2D eigenvalue weighted by atomic mass is 10.2. The molecule has 1 atom stereocenters. The molecule has 108 valence electrons. The van der Waals surface area contributed by atoms with Crippen molar-refractivity contribution in [2.24, 2.45) is 0 Å². The van der Waals surface area contributed by atoms with Crippen LogP contribution in [0.25, 0.3) is 0 Å². The molecule has 1 saturated heterocycles. The van der Waals surface area contributed by atoms with Crippen LogP contribution in [-0.2, 0) is 0 Å². The lowest BCUT2D eigenvalue weighted by molar-refractivity contribution is 0.0940. The second-order valence-electron chi connectivity index (χ2n) is 5.10. The number of hydrogen-bond donors (Lipinski definition) is 1. The summed E-state index contributed by atoms with van der Waals surface area (Å²) in [6, 6.07) is 11.6. The van der Waals surface area contributed by atoms with Gasteiger partial charge in [-0.3, -0.25) is 4.79 Å². The van der Waals surface area contributed by atoms with E-state index < -0.39 is 5.82 Å². The van der Waals surface area contributed by atoms with Gasteiger partial charge in [-0.25, -0.2) is 9.37 Å². The first-order valence-electron chi connectivity index (χ1n) is 6.95. The fourth-order valence-corrected chi connectivity index (χ4v) is 2.53. The van der Waals surface area contributed by atoms with Crippen LogP contribution in [0.3, 0.4) is 0 Å². The molecule has 0 bridgehead atoms. The molecule has 1 fully saturated rings. The molecule has 1 aliphatic rings. The summed E-state index contributed by atoms with van der Waals surface area (Å²) in [7, 11) is 0. The van der Waals surface area contributed by atoms with Crippen molar-refractivity contribution < 1.29 is 9.18 Å². The number of carbonyl (C=O) groups excluding carboxylic acids is 1. The zero-order chi connectivity index (χ0) is 14.7. The highest BCUT2D eigenvalue weighted by atomic mass is 19.1. The van der Waals surface area contributed by atoms with Crippen molar-refractivity contribution in [1.29, 1.82) is 0 Å². The number of nitrogens with zero attached hydrogens (tertiary/aromatic N) is 2. The highest BCUT2D eigenvalue weighted by Crippen LogP contribution is 2.17. The second kappa shape index (κ2) is 5.91. The molecule has 1 aliphatic heterocycles. The van der Waals surface area contributed by atoms with Gasteiger partial charge in [-0.1, -0.05) is 12.1 Å². The molecule has 1 aromatic carbocycles. The number of rotatable bonds is 3. The Balaban J connectivity index is 1.61. The average Bonchev–Trinajstić information content (AvgIpc) is 2.97. The standard InChI is InChI=1S/C16H16FN3O/c17-13-5-3-4-12(10-13)16(21)19-14-7-9-20(11-14)15-6-1-2-8-18-15/h1-6,8,10,14H,7,9,11H2,(H,19,21). The summed E-state index contributed by atoms with van der Waals surface area (Å²) in [6.45, 7) is 1.57. The van der Waals surface area contributed by atoms with Crippen LogP contribution in [0.4, 0.5) is 10.2 Å². The maximum absolute atomic E-state index is 13.1. The van der Waals surface area contributed by atoms with E-state index in [-0.39, 0.29) is 11.9 Å². The molecule has 0 saturated carbocycles. The number of amides is 1. The first-order chi connectivity index (χ1) is 10.2. The fourth-order valence-electron chi connectivity index (χ4n) is 2.53. The predicted octanol–water partition coefficient (Wildman–Crippen LogP) is 2.23. The van der Waals surface area contributed by atoms with E-state index in [0.29, 0.717) is 5.56 Å². The van der Waals surface area contributed by atoms with Crippen LogP contribution in [0.1, 0.15) is 16.8 Å². The molecular formula is C16H16FN3O. The van der Waals surface area contributed by atoms with Crippen molar-refractivity contribution in [3.8, 4) is 0 Å². The van der Waals surface area contributed by atoms with Crippen LogP contribution < -0.4 is 10.2 Å². The third-order valence-corrected chi connectivity index (χ3v) is 3.58. The molecule has 21 heavy (non-hydrogen) atoms. The molecule has 1 unspecified atom stereocenters. The average molecular weight is 285 g/mol. The maximum Gasteiger partial charge on any atom is 0.251 e. The Bertz CT molecular complexity index is 632. The number of nitrogens with one attached hydrogen (secondary N) is 1. The van der Waals surface area contributed by atoms with E-state index in [0.717, 1.165) is 25.3 Å². The van der Waals surface area contributed by atoms with E-state index in [4.69, 9.17) is 0 Å². The van der Waals surface area contributed by atoms with Gasteiger partial charge in [-0.05, 0) is 36.8 Å². The van der Waals surface area contributed by atoms with Crippen LogP contribution in [0.15, 0.2) is 48.7 Å². The minimum absolute atomic E-state index is 0.0581. The van der Waals surface area contributed by atoms with Gasteiger partial charge in [0.05, 0.1) is 0 Å². The van der Waals surface area contributed by atoms with E-state index in [1.54, 1.807) is 18.3 Å². The van der Waals surface area contributed by atoms with Gasteiger partial charge in [0.1, 0.15) is 11.6 Å². The Morgan fingerprint density at radius 2 is 2.19 bits per heavy atom. The summed E-state index contributed by atoms with van der Waals surface area (Å²) in [5.41, 5.74) is 0.353. The number of anilines is 1. The molecule has 2 aromatic rings. The minimum Gasteiger partial charge on any atom is -0.354 e. The van der Waals surface area contributed by atoms with Crippen LogP contribution >= 0.6 is 0 Å². The van der Waals surface area contributed by atoms with Crippen molar-refractivity contribution in [3.05, 3.63) is 60.0 Å². The molecule has 1 N–H and O–H groups in total. The molecule has 2 heterocycles. The highest BCUT2D eigenvalue weighted by molar-refractivity contribution is 5.94. The summed E-state index contributed by atoms with van der Waals surface area (Å²) in [5, 5.41) is 2.95. The summed E-state index contributed by atoms with van der Waals surface area (Å²) in [5.74, 6) is 0.284. The van der Waals surface area contributed by atoms with Crippen molar-refractivity contribution in [2.45, 2.75) is 12.5 Å². The normalized spacial score (nSPS) is 17.8. The number of hydrogen-bond acceptors (Lipinski definition) is 3. The second-order valence-corrected chi connectivity index (χ2v) is 5.10. The number of pyridine rings is 1. The Hall–Kier alpha value is -2.43. The highest BCUT2D eigenvalue weighted by Gasteiger charge is 2.25. The van der Waals surface area contributed by atoms with Gasteiger partial charge < -0.3 is 10.2 Å². The van der Waals surface area contributed by atoms with E-state index in [9.17, 15) is 9.18 Å². The number of benzene rings is 1. The first-order valence-corrected chi connectivity index (χ1v) is 6.95. The zero-order valence-electron chi connectivity index (χ0n) is 11.5. The van der Waals surface area contributed by atoms with Crippen molar-refractivity contribution in [3.63, 3.8) is 0 Å². The summed E-state index contributed by atoms with van der Waals surface area (Å²) < 4.78 is 13.1. The largest absolute Gasteiger partial charge is 0.354 e. The molecule has 0 spiro atoms. The van der Waals surface area contributed by atoms with Crippen LogP contribution in [0.5, 0.6) is 0 Å². The Labute approximate surface area is 122 Å². The summed E-state index contributed by atoms with van der Waals surface area (Å²) in [6.07, 6.45) is 2.62. The molecule has 4 nitrogen and oxygen atoms in total. The molecule has 3 rings (SSSR count). The predicted molar refractivity (Wildman–Crippen MR) is 78.7 cm³/mol. The molecule has 0 radical (unpaired) electrons. The summed E-state index contributed by atoms with van der Waals surface area (Å²) >= 11 is 0. The van der Waals surface area contributed by atoms with Crippen molar-refractivity contribution in [2.75, 3.05) is 18.0 Å². The van der Waals surface area contributed by atoms with Crippen molar-refractivity contribution >= 4 is 11.7 Å². The van der Waals surface area contributed by atoms with Gasteiger partial charge in [0.15, 0.2) is 0 Å². The molecule has 1 aromatic heterocycles. The van der Waals surface area contributed by atoms with E-state index in [1.807, 2.05) is 18.2 Å². The van der Waals surface area contributed by atoms with Gasteiger partial charge in [0, 0.05) is 30.9 Å². The van der Waals surface area contributed by atoms with E-state index >= 15 is 0 Å². The van der Waals surface area contributed by atoms with Crippen LogP contribution in [0, 0.1) is 5.82 Å². The SMILES string of the molecule is O=C(NC1CCN(c2ccccn2)C1)c1cccc(F)c1. The lowest BCUT2D eigenvalue weighted by Crippen LogP contribution is -2.37. The van der Waals surface area contributed by atoms with Gasteiger partial charge in [-0.15, -0.1) is 0 Å². The van der Waals surface area contributed by atoms with Gasteiger partial charge in [0.25, 0.3) is 5.91 Å². The molecule has 1 amide bonds. The quantitative estimate of drug-likeness (QED) is 0.940.